The summed E-state index contributed by atoms with van der Waals surface area (Å²) in [6.45, 7) is 1.84. The van der Waals surface area contributed by atoms with Crippen molar-refractivity contribution in [1.82, 2.24) is 3.97 Å². The summed E-state index contributed by atoms with van der Waals surface area (Å²) in [6, 6.07) is 7.37. The number of hydrogen-bond acceptors (Lipinski definition) is 4. The lowest BCUT2D eigenvalue weighted by molar-refractivity contribution is 0.587. The molecule has 0 radical (unpaired) electrons. The van der Waals surface area contributed by atoms with E-state index in [1.165, 1.54) is 12.1 Å². The van der Waals surface area contributed by atoms with E-state index in [1.54, 1.807) is 12.1 Å². The minimum absolute atomic E-state index is 0.0761. The maximum absolute atomic E-state index is 12.2. The Morgan fingerprint density at radius 2 is 1.53 bits per heavy atom. The van der Waals surface area contributed by atoms with Gasteiger partial charge in [0.05, 0.1) is 4.90 Å². The summed E-state index contributed by atoms with van der Waals surface area (Å²) in [4.78, 5) is -0.183. The summed E-state index contributed by atoms with van der Waals surface area (Å²) >= 11 is 0. The molecule has 0 aliphatic carbocycles. The zero-order valence-electron chi connectivity index (χ0n) is 9.82. The van der Waals surface area contributed by atoms with Crippen LogP contribution in [0.15, 0.2) is 52.5 Å². The lowest BCUT2D eigenvalue weighted by Crippen LogP contribution is -2.10. The van der Waals surface area contributed by atoms with Gasteiger partial charge in [0.25, 0.3) is 19.1 Å². The molecule has 5 nitrogen and oxygen atoms in total. The monoisotopic (exact) mass is 319 g/mol. The van der Waals surface area contributed by atoms with Gasteiger partial charge in [-0.05, 0) is 25.1 Å². The van der Waals surface area contributed by atoms with Gasteiger partial charge in [0, 0.05) is 23.1 Å². The molecule has 0 amide bonds. The molecular formula is C11H10ClNO4S2. The SMILES string of the molecule is Cc1ccc(S(=O)(=O)n2ccc(S(=O)(=O)Cl)c2)cc1. The van der Waals surface area contributed by atoms with Crippen molar-refractivity contribution in [2.24, 2.45) is 0 Å². The molecule has 0 unspecified atom stereocenters. The van der Waals surface area contributed by atoms with Crippen LogP contribution in [-0.4, -0.2) is 20.8 Å². The molecule has 0 N–H and O–H groups in total. The Morgan fingerprint density at radius 1 is 0.947 bits per heavy atom. The topological polar surface area (TPSA) is 73.2 Å². The second kappa shape index (κ2) is 4.66. The molecule has 19 heavy (non-hydrogen) atoms. The van der Waals surface area contributed by atoms with Gasteiger partial charge in [0.15, 0.2) is 0 Å². The molecular weight excluding hydrogens is 310 g/mol. The van der Waals surface area contributed by atoms with Crippen LogP contribution < -0.4 is 0 Å². The zero-order chi connectivity index (χ0) is 14.3. The Hall–Kier alpha value is -1.31. The van der Waals surface area contributed by atoms with Crippen LogP contribution in [0.3, 0.4) is 0 Å². The molecule has 2 aromatic rings. The van der Waals surface area contributed by atoms with E-state index in [0.717, 1.165) is 28.0 Å². The van der Waals surface area contributed by atoms with Crippen LogP contribution in [0.2, 0.25) is 0 Å². The van der Waals surface area contributed by atoms with Crippen LogP contribution in [0.4, 0.5) is 0 Å². The molecule has 0 atom stereocenters. The summed E-state index contributed by atoms with van der Waals surface area (Å²) in [5.41, 5.74) is 0.926. The van der Waals surface area contributed by atoms with Gasteiger partial charge < -0.3 is 0 Å². The summed E-state index contributed by atoms with van der Waals surface area (Å²) < 4.78 is 47.5. The number of hydrogen-bond donors (Lipinski definition) is 0. The quantitative estimate of drug-likeness (QED) is 0.811. The standard InChI is InChI=1S/C11H10ClNO4S2/c1-9-2-4-10(5-3-9)19(16,17)13-7-6-11(8-13)18(12,14)15/h2-8H,1H3. The molecule has 102 valence electrons. The van der Waals surface area contributed by atoms with Gasteiger partial charge in [0.2, 0.25) is 0 Å². The molecule has 0 aliphatic heterocycles. The highest BCUT2D eigenvalue weighted by atomic mass is 35.7. The molecule has 1 aromatic heterocycles. The zero-order valence-corrected chi connectivity index (χ0v) is 12.2. The molecule has 0 fully saturated rings. The molecule has 2 rings (SSSR count). The van der Waals surface area contributed by atoms with Crippen molar-refractivity contribution >= 4 is 29.8 Å². The Balaban J connectivity index is 2.51. The van der Waals surface area contributed by atoms with E-state index in [0.29, 0.717) is 0 Å². The first-order valence-corrected chi connectivity index (χ1v) is 8.91. The molecule has 0 bridgehead atoms. The molecule has 1 aromatic carbocycles. The van der Waals surface area contributed by atoms with Crippen molar-refractivity contribution in [3.8, 4) is 0 Å². The van der Waals surface area contributed by atoms with E-state index in [9.17, 15) is 16.8 Å². The van der Waals surface area contributed by atoms with E-state index in [1.807, 2.05) is 6.92 Å². The number of aryl methyl sites for hydroxylation is 1. The van der Waals surface area contributed by atoms with E-state index >= 15 is 0 Å². The minimum atomic E-state index is -3.94. The average Bonchev–Trinajstić information content (AvgIpc) is 2.79. The highest BCUT2D eigenvalue weighted by molar-refractivity contribution is 8.13. The largest absolute Gasteiger partial charge is 0.267 e. The Labute approximate surface area is 115 Å². The van der Waals surface area contributed by atoms with Crippen molar-refractivity contribution in [2.45, 2.75) is 16.7 Å². The van der Waals surface area contributed by atoms with Gasteiger partial charge >= 0.3 is 0 Å². The minimum Gasteiger partial charge on any atom is -0.248 e. The molecule has 0 aliphatic rings. The molecule has 0 spiro atoms. The van der Waals surface area contributed by atoms with Gasteiger partial charge in [-0.15, -0.1) is 0 Å². The van der Waals surface area contributed by atoms with Crippen molar-refractivity contribution in [3.63, 3.8) is 0 Å². The third-order valence-corrected chi connectivity index (χ3v) is 5.51. The van der Waals surface area contributed by atoms with Gasteiger partial charge in [-0.3, -0.25) is 0 Å². The van der Waals surface area contributed by atoms with Crippen molar-refractivity contribution in [2.75, 3.05) is 0 Å². The van der Waals surface area contributed by atoms with Crippen molar-refractivity contribution in [1.29, 1.82) is 0 Å². The van der Waals surface area contributed by atoms with Crippen LogP contribution in [0, 0.1) is 6.92 Å². The first kappa shape index (κ1) is 14.1. The van der Waals surface area contributed by atoms with Crippen LogP contribution in [-0.2, 0) is 19.1 Å². The molecule has 8 heteroatoms. The average molecular weight is 320 g/mol. The van der Waals surface area contributed by atoms with E-state index < -0.39 is 19.1 Å². The first-order valence-electron chi connectivity index (χ1n) is 5.16. The second-order valence-electron chi connectivity index (χ2n) is 3.93. The van der Waals surface area contributed by atoms with Gasteiger partial charge in [-0.1, -0.05) is 17.7 Å². The second-order valence-corrected chi connectivity index (χ2v) is 8.34. The van der Waals surface area contributed by atoms with Gasteiger partial charge in [-0.25, -0.2) is 20.8 Å². The molecule has 0 saturated carbocycles. The van der Waals surface area contributed by atoms with Crippen LogP contribution >= 0.6 is 10.7 Å². The highest BCUT2D eigenvalue weighted by Crippen LogP contribution is 2.20. The number of benzene rings is 1. The van der Waals surface area contributed by atoms with Crippen molar-refractivity contribution < 1.29 is 16.8 Å². The van der Waals surface area contributed by atoms with Gasteiger partial charge in [0.1, 0.15) is 4.90 Å². The van der Waals surface area contributed by atoms with Crippen LogP contribution in [0.5, 0.6) is 0 Å². The fourth-order valence-electron chi connectivity index (χ4n) is 1.48. The Morgan fingerprint density at radius 3 is 2.00 bits per heavy atom. The maximum Gasteiger partial charge on any atom is 0.267 e. The lowest BCUT2D eigenvalue weighted by atomic mass is 10.2. The fraction of sp³-hybridized carbons (Fsp3) is 0.0909. The summed E-state index contributed by atoms with van der Waals surface area (Å²) in [6.07, 6.45) is 2.11. The number of rotatable bonds is 3. The summed E-state index contributed by atoms with van der Waals surface area (Å²) in [7, 11) is -2.59. The van der Waals surface area contributed by atoms with Crippen LogP contribution in [0.1, 0.15) is 5.56 Å². The predicted octanol–water partition coefficient (Wildman–Crippen LogP) is 1.96. The third-order valence-electron chi connectivity index (χ3n) is 2.52. The normalized spacial score (nSPS) is 12.5. The number of nitrogens with zero attached hydrogens (tertiary/aromatic N) is 1. The smallest absolute Gasteiger partial charge is 0.248 e. The summed E-state index contributed by atoms with van der Waals surface area (Å²) in [5.74, 6) is 0. The molecule has 0 saturated heterocycles. The Kier molecular flexibility index (Phi) is 3.46. The Bertz CT molecular complexity index is 805. The van der Waals surface area contributed by atoms with E-state index in [-0.39, 0.29) is 9.79 Å². The number of aromatic nitrogens is 1. The highest BCUT2D eigenvalue weighted by Gasteiger charge is 2.19. The van der Waals surface area contributed by atoms with E-state index in [4.69, 9.17) is 10.7 Å². The number of halogens is 1. The third kappa shape index (κ3) is 2.83. The first-order chi connectivity index (χ1) is 8.71. The van der Waals surface area contributed by atoms with Crippen molar-refractivity contribution in [3.05, 3.63) is 48.3 Å². The maximum atomic E-state index is 12.2. The molecule has 1 heterocycles. The van der Waals surface area contributed by atoms with Crippen LogP contribution in [0.25, 0.3) is 0 Å². The lowest BCUT2D eigenvalue weighted by Gasteiger charge is -2.05. The van der Waals surface area contributed by atoms with Gasteiger partial charge in [-0.2, -0.15) is 0 Å². The fourth-order valence-corrected chi connectivity index (χ4v) is 3.48. The summed E-state index contributed by atoms with van der Waals surface area (Å²) in [5, 5.41) is 0. The predicted molar refractivity (Wildman–Crippen MR) is 71.2 cm³/mol. The van der Waals surface area contributed by atoms with E-state index in [2.05, 4.69) is 0 Å².